The molecular formula is C28H19FN2O5. The first kappa shape index (κ1) is 22.0. The molecule has 0 radical (unpaired) electrons. The van der Waals surface area contributed by atoms with E-state index in [1.54, 1.807) is 47.4 Å². The molecule has 1 spiro atoms. The Morgan fingerprint density at radius 2 is 1.64 bits per heavy atom. The molecule has 3 aromatic carbocycles. The largest absolute Gasteiger partial charge is 0.352 e. The van der Waals surface area contributed by atoms with Crippen LogP contribution < -0.4 is 4.90 Å². The van der Waals surface area contributed by atoms with Crippen LogP contribution >= 0.6 is 0 Å². The topological polar surface area (TPSA) is 97.6 Å². The van der Waals surface area contributed by atoms with E-state index in [-0.39, 0.29) is 34.2 Å². The van der Waals surface area contributed by atoms with E-state index in [0.717, 1.165) is 0 Å². The zero-order valence-electron chi connectivity index (χ0n) is 19.1. The highest BCUT2D eigenvalue weighted by Gasteiger charge is 2.71. The molecule has 0 N–H and O–H groups in total. The number of hydrogen-bond donors (Lipinski definition) is 0. The predicted octanol–water partition coefficient (Wildman–Crippen LogP) is 4.76. The van der Waals surface area contributed by atoms with Crippen molar-refractivity contribution in [2.45, 2.75) is 24.9 Å². The summed E-state index contributed by atoms with van der Waals surface area (Å²) in [5, 5.41) is 11.3. The maximum Gasteiger partial charge on any atom is 0.269 e. The average molecular weight is 482 g/mol. The molecule has 0 amide bonds. The van der Waals surface area contributed by atoms with Gasteiger partial charge in [-0.3, -0.25) is 24.5 Å². The van der Waals surface area contributed by atoms with Crippen molar-refractivity contribution in [3.8, 4) is 0 Å². The first-order valence-corrected chi connectivity index (χ1v) is 11.5. The normalized spacial score (nSPS) is 22.9. The number of rotatable bonds is 3. The molecule has 1 aliphatic carbocycles. The molecule has 36 heavy (non-hydrogen) atoms. The molecule has 0 unspecified atom stereocenters. The summed E-state index contributed by atoms with van der Waals surface area (Å²) in [6, 6.07) is 14.7. The monoisotopic (exact) mass is 482 g/mol. The van der Waals surface area contributed by atoms with Gasteiger partial charge in [-0.05, 0) is 30.7 Å². The van der Waals surface area contributed by atoms with Crippen molar-refractivity contribution in [3.05, 3.63) is 111 Å². The highest BCUT2D eigenvalue weighted by Crippen LogP contribution is 2.60. The van der Waals surface area contributed by atoms with Gasteiger partial charge in [0, 0.05) is 40.4 Å². The van der Waals surface area contributed by atoms with Crippen LogP contribution in [-0.4, -0.2) is 34.4 Å². The Morgan fingerprint density at radius 3 is 2.22 bits per heavy atom. The third-order valence-corrected chi connectivity index (χ3v) is 7.65. The molecule has 3 aliphatic rings. The van der Waals surface area contributed by atoms with Gasteiger partial charge in [0.2, 0.25) is 0 Å². The number of benzene rings is 3. The molecule has 3 aromatic rings. The minimum absolute atomic E-state index is 0.143. The number of halogens is 1. The van der Waals surface area contributed by atoms with Crippen LogP contribution in [0.15, 0.2) is 72.8 Å². The molecule has 1 fully saturated rings. The van der Waals surface area contributed by atoms with Gasteiger partial charge in [-0.2, -0.15) is 0 Å². The van der Waals surface area contributed by atoms with E-state index in [9.17, 15) is 28.9 Å². The zero-order chi connectivity index (χ0) is 25.4. The molecular weight excluding hydrogens is 463 g/mol. The maximum absolute atomic E-state index is 14.2. The Hall–Kier alpha value is -4.46. The summed E-state index contributed by atoms with van der Waals surface area (Å²) in [5.74, 6) is -2.42. The van der Waals surface area contributed by atoms with Crippen molar-refractivity contribution in [2.24, 2.45) is 5.41 Å². The van der Waals surface area contributed by atoms with Gasteiger partial charge >= 0.3 is 0 Å². The van der Waals surface area contributed by atoms with Crippen LogP contribution in [0.2, 0.25) is 0 Å². The summed E-state index contributed by atoms with van der Waals surface area (Å²) in [4.78, 5) is 54.2. The van der Waals surface area contributed by atoms with E-state index in [0.29, 0.717) is 16.8 Å². The summed E-state index contributed by atoms with van der Waals surface area (Å²) in [7, 11) is 0. The summed E-state index contributed by atoms with van der Waals surface area (Å²) in [6.45, 7) is 1.40. The fraction of sp³-hybridized carbons (Fsp3) is 0.179. The van der Waals surface area contributed by atoms with E-state index in [1.807, 2.05) is 0 Å². The van der Waals surface area contributed by atoms with Crippen molar-refractivity contribution in [1.82, 2.24) is 0 Å². The van der Waals surface area contributed by atoms with E-state index in [1.165, 1.54) is 43.3 Å². The molecule has 1 saturated heterocycles. The molecule has 8 heteroatoms. The number of carbonyl (C=O) groups excluding carboxylic acids is 3. The first-order chi connectivity index (χ1) is 17.3. The number of Topliss-reactive ketones (excluding diaryl/α,β-unsaturated/α-hetero) is 3. The molecule has 0 aromatic heterocycles. The molecule has 6 rings (SSSR count). The lowest BCUT2D eigenvalue weighted by Crippen LogP contribution is -2.48. The zero-order valence-corrected chi connectivity index (χ0v) is 19.1. The van der Waals surface area contributed by atoms with Gasteiger partial charge in [-0.15, -0.1) is 0 Å². The maximum atomic E-state index is 14.2. The molecule has 0 bridgehead atoms. The van der Waals surface area contributed by atoms with Crippen LogP contribution in [0.1, 0.15) is 44.7 Å². The Morgan fingerprint density at radius 1 is 1.00 bits per heavy atom. The van der Waals surface area contributed by atoms with E-state index >= 15 is 0 Å². The van der Waals surface area contributed by atoms with Crippen LogP contribution in [0.25, 0.3) is 6.08 Å². The molecule has 2 aliphatic heterocycles. The summed E-state index contributed by atoms with van der Waals surface area (Å²) in [5.41, 5.74) is 0.321. The predicted molar refractivity (Wildman–Crippen MR) is 130 cm³/mol. The number of hydrogen-bond acceptors (Lipinski definition) is 6. The Labute approximate surface area is 205 Å². The first-order valence-electron chi connectivity index (χ1n) is 11.5. The third-order valence-electron chi connectivity index (χ3n) is 7.65. The highest BCUT2D eigenvalue weighted by molar-refractivity contribution is 6.32. The molecule has 0 saturated carbocycles. The number of nitro groups is 1. The summed E-state index contributed by atoms with van der Waals surface area (Å²) in [6.07, 6.45) is 3.38. The number of nitrogens with zero attached hydrogens (tertiary/aromatic N) is 2. The van der Waals surface area contributed by atoms with E-state index in [4.69, 9.17) is 0 Å². The van der Waals surface area contributed by atoms with Crippen LogP contribution in [0, 0.1) is 21.3 Å². The van der Waals surface area contributed by atoms with Crippen LogP contribution in [-0.2, 0) is 4.79 Å². The van der Waals surface area contributed by atoms with Gasteiger partial charge in [-0.1, -0.05) is 48.6 Å². The number of ketones is 3. The number of carbonyl (C=O) groups is 3. The van der Waals surface area contributed by atoms with Crippen molar-refractivity contribution in [2.75, 3.05) is 4.90 Å². The fourth-order valence-electron chi connectivity index (χ4n) is 6.28. The van der Waals surface area contributed by atoms with Gasteiger partial charge in [0.15, 0.2) is 17.3 Å². The summed E-state index contributed by atoms with van der Waals surface area (Å²) < 4.78 is 14.1. The van der Waals surface area contributed by atoms with Gasteiger partial charge in [0.1, 0.15) is 11.2 Å². The van der Waals surface area contributed by atoms with Gasteiger partial charge in [0.25, 0.3) is 5.69 Å². The lowest BCUT2D eigenvalue weighted by Gasteiger charge is -2.37. The van der Waals surface area contributed by atoms with Crippen LogP contribution in [0.4, 0.5) is 15.8 Å². The Balaban J connectivity index is 1.66. The quantitative estimate of drug-likeness (QED) is 0.303. The smallest absolute Gasteiger partial charge is 0.269 e. The lowest BCUT2D eigenvalue weighted by molar-refractivity contribution is -0.384. The van der Waals surface area contributed by atoms with Crippen LogP contribution in [0.3, 0.4) is 0 Å². The van der Waals surface area contributed by atoms with Crippen molar-refractivity contribution in [3.63, 3.8) is 0 Å². The van der Waals surface area contributed by atoms with Gasteiger partial charge < -0.3 is 4.90 Å². The standard InChI is InChI=1S/C28H19FN2O5/c1-15(32)25-24(16-6-10-19(11-7-16)31(35)36)28(26(33)20-4-2-3-5-21(20)27(28)34)23-13-8-17-14-18(29)9-12-22(17)30(23)25/h2-14,23-25H,1H3/t23-,24+,25+/m0/s1. The Kier molecular flexibility index (Phi) is 4.60. The molecule has 178 valence electrons. The molecule has 7 nitrogen and oxygen atoms in total. The second-order valence-corrected chi connectivity index (χ2v) is 9.37. The van der Waals surface area contributed by atoms with Crippen molar-refractivity contribution in [1.29, 1.82) is 0 Å². The lowest BCUT2D eigenvalue weighted by atomic mass is 9.64. The van der Waals surface area contributed by atoms with E-state index in [2.05, 4.69) is 0 Å². The highest BCUT2D eigenvalue weighted by atomic mass is 19.1. The second-order valence-electron chi connectivity index (χ2n) is 9.37. The number of nitro benzene ring substituents is 1. The number of anilines is 1. The summed E-state index contributed by atoms with van der Waals surface area (Å²) >= 11 is 0. The SMILES string of the molecule is CC(=O)[C@@H]1[C@@H](c2ccc([N+](=O)[O-])cc2)C2(C(=O)c3ccccc3C2=O)[C@@H]2C=Cc3cc(F)ccc3N12. The molecule has 2 heterocycles. The minimum Gasteiger partial charge on any atom is -0.352 e. The van der Waals surface area contributed by atoms with Crippen molar-refractivity contribution < 1.29 is 23.7 Å². The third kappa shape index (κ3) is 2.69. The van der Waals surface area contributed by atoms with Crippen molar-refractivity contribution >= 4 is 34.8 Å². The number of fused-ring (bicyclic) bond motifs is 5. The van der Waals surface area contributed by atoms with Crippen LogP contribution in [0.5, 0.6) is 0 Å². The fourth-order valence-corrected chi connectivity index (χ4v) is 6.28. The second kappa shape index (κ2) is 7.52. The van der Waals surface area contributed by atoms with E-state index < -0.39 is 34.2 Å². The molecule has 3 atom stereocenters. The average Bonchev–Trinajstić information content (AvgIpc) is 3.30. The number of non-ortho nitro benzene ring substituents is 1. The van der Waals surface area contributed by atoms with Gasteiger partial charge in [-0.25, -0.2) is 4.39 Å². The van der Waals surface area contributed by atoms with Gasteiger partial charge in [0.05, 0.1) is 17.0 Å². The Bertz CT molecular complexity index is 1490. The minimum atomic E-state index is -1.67.